The minimum Gasteiger partial charge on any atom is -0.497 e. The molecule has 4 rings (SSSR count). The predicted molar refractivity (Wildman–Crippen MR) is 139 cm³/mol. The van der Waals surface area contributed by atoms with Gasteiger partial charge in [0.05, 0.1) is 31.5 Å². The molecule has 1 aliphatic carbocycles. The van der Waals surface area contributed by atoms with Gasteiger partial charge in [-0.15, -0.1) is 0 Å². The molecule has 0 saturated heterocycles. The van der Waals surface area contributed by atoms with Crippen LogP contribution < -0.4 is 10.1 Å². The number of esters is 2. The van der Waals surface area contributed by atoms with Crippen LogP contribution in [-0.4, -0.2) is 38.0 Å². The summed E-state index contributed by atoms with van der Waals surface area (Å²) in [5.74, 6) is -5.30. The lowest BCUT2D eigenvalue weighted by molar-refractivity contribution is -0.152. The van der Waals surface area contributed by atoms with Crippen LogP contribution in [0.25, 0.3) is 0 Å². The molecule has 0 bridgehead atoms. The van der Waals surface area contributed by atoms with E-state index >= 15 is 0 Å². The van der Waals surface area contributed by atoms with Crippen LogP contribution in [0.15, 0.2) is 71.1 Å². The number of nitrogens with one attached hydrogen (secondary N) is 1. The number of ether oxygens (including phenoxy) is 3. The number of allylic oxidation sites excluding steroid dienone is 3. The maximum absolute atomic E-state index is 14.3. The monoisotopic (exact) mass is 557 g/mol. The maximum atomic E-state index is 14.3. The number of halogens is 3. The number of hydrogen-bond donors (Lipinski definition) is 1. The summed E-state index contributed by atoms with van der Waals surface area (Å²) >= 11 is 0. The highest BCUT2D eigenvalue weighted by Gasteiger charge is 2.50. The molecule has 0 unspecified atom stereocenters. The summed E-state index contributed by atoms with van der Waals surface area (Å²) in [5, 5.41) is 3.09. The number of hydrogen-bond acceptors (Lipinski definition) is 7. The summed E-state index contributed by atoms with van der Waals surface area (Å²) in [5.41, 5.74) is -0.224. The SMILES string of the molecule is CCOC(=O)C1=C(C)NC2=C(C(=O)[C@@H](C(=O)OCC)[C@H](c3cccc(OC)c3)C2)[C@@H]1c1ccccc1C(F)(F)F. The van der Waals surface area contributed by atoms with Gasteiger partial charge in [0.15, 0.2) is 5.78 Å². The zero-order chi connectivity index (χ0) is 29.2. The molecule has 7 nitrogen and oxygen atoms in total. The lowest BCUT2D eigenvalue weighted by atomic mass is 9.66. The van der Waals surface area contributed by atoms with Crippen LogP contribution in [0.1, 0.15) is 55.7 Å². The van der Waals surface area contributed by atoms with Gasteiger partial charge in [-0.05, 0) is 56.5 Å². The van der Waals surface area contributed by atoms with Gasteiger partial charge in [-0.3, -0.25) is 9.59 Å². The molecule has 1 heterocycles. The van der Waals surface area contributed by atoms with Crippen molar-refractivity contribution in [3.63, 3.8) is 0 Å². The van der Waals surface area contributed by atoms with E-state index in [4.69, 9.17) is 14.2 Å². The smallest absolute Gasteiger partial charge is 0.416 e. The highest BCUT2D eigenvalue weighted by Crippen LogP contribution is 2.50. The number of ketones is 1. The second-order valence-corrected chi connectivity index (χ2v) is 9.48. The Morgan fingerprint density at radius 2 is 1.73 bits per heavy atom. The van der Waals surface area contributed by atoms with E-state index in [-0.39, 0.29) is 42.0 Å². The van der Waals surface area contributed by atoms with Gasteiger partial charge in [0.25, 0.3) is 0 Å². The first-order valence-corrected chi connectivity index (χ1v) is 12.9. The van der Waals surface area contributed by atoms with Crippen molar-refractivity contribution in [1.82, 2.24) is 5.32 Å². The Morgan fingerprint density at radius 3 is 2.38 bits per heavy atom. The second-order valence-electron chi connectivity index (χ2n) is 9.48. The molecule has 212 valence electrons. The molecular weight excluding hydrogens is 527 g/mol. The van der Waals surface area contributed by atoms with Crippen LogP contribution in [0.5, 0.6) is 5.75 Å². The first-order chi connectivity index (χ1) is 19.0. The van der Waals surface area contributed by atoms with E-state index in [1.807, 2.05) is 0 Å². The molecule has 2 aromatic carbocycles. The molecule has 3 atom stereocenters. The van der Waals surface area contributed by atoms with E-state index in [0.717, 1.165) is 6.07 Å². The van der Waals surface area contributed by atoms with Crippen LogP contribution in [-0.2, 0) is 30.0 Å². The van der Waals surface area contributed by atoms with Crippen molar-refractivity contribution in [2.45, 2.75) is 45.2 Å². The minimum atomic E-state index is -4.77. The molecule has 0 amide bonds. The molecule has 0 radical (unpaired) electrons. The van der Waals surface area contributed by atoms with Gasteiger partial charge >= 0.3 is 18.1 Å². The lowest BCUT2D eigenvalue weighted by Crippen LogP contribution is -2.43. The Labute approximate surface area is 230 Å². The zero-order valence-corrected chi connectivity index (χ0v) is 22.6. The number of benzene rings is 2. The van der Waals surface area contributed by atoms with E-state index in [2.05, 4.69) is 5.32 Å². The topological polar surface area (TPSA) is 90.9 Å². The number of Topliss-reactive ketones (excluding diaryl/α,β-unsaturated/α-hetero) is 1. The summed E-state index contributed by atoms with van der Waals surface area (Å²) in [6, 6.07) is 11.7. The largest absolute Gasteiger partial charge is 0.497 e. The summed E-state index contributed by atoms with van der Waals surface area (Å²) < 4.78 is 58.5. The first-order valence-electron chi connectivity index (χ1n) is 12.9. The van der Waals surface area contributed by atoms with Crippen molar-refractivity contribution in [2.24, 2.45) is 5.92 Å². The third kappa shape index (κ3) is 5.35. The molecular formula is C30H30F3NO6. The Balaban J connectivity index is 1.97. The molecule has 0 aromatic heterocycles. The van der Waals surface area contributed by atoms with E-state index < -0.39 is 47.2 Å². The molecule has 1 aliphatic heterocycles. The van der Waals surface area contributed by atoms with Crippen LogP contribution in [0.2, 0.25) is 0 Å². The molecule has 0 fully saturated rings. The molecule has 1 N–H and O–H groups in total. The first kappa shape index (κ1) is 28.9. The quantitative estimate of drug-likeness (QED) is 0.359. The van der Waals surface area contributed by atoms with Gasteiger partial charge in [-0.25, -0.2) is 4.79 Å². The van der Waals surface area contributed by atoms with Crippen LogP contribution in [0.3, 0.4) is 0 Å². The number of methoxy groups -OCH3 is 1. The van der Waals surface area contributed by atoms with Gasteiger partial charge < -0.3 is 19.5 Å². The highest BCUT2D eigenvalue weighted by molar-refractivity contribution is 6.13. The maximum Gasteiger partial charge on any atom is 0.416 e. The normalized spacial score (nSPS) is 21.0. The fourth-order valence-electron chi connectivity index (χ4n) is 5.52. The number of carbonyl (C=O) groups excluding carboxylic acids is 3. The van der Waals surface area contributed by atoms with Crippen LogP contribution >= 0.6 is 0 Å². The fourth-order valence-corrected chi connectivity index (χ4v) is 5.52. The van der Waals surface area contributed by atoms with E-state index in [1.54, 1.807) is 45.0 Å². The van der Waals surface area contributed by atoms with Gasteiger partial charge in [0, 0.05) is 28.8 Å². The molecule has 0 saturated carbocycles. The summed E-state index contributed by atoms with van der Waals surface area (Å²) in [4.78, 5) is 40.7. The van der Waals surface area contributed by atoms with Gasteiger partial charge in [-0.1, -0.05) is 30.3 Å². The van der Waals surface area contributed by atoms with E-state index in [0.29, 0.717) is 17.0 Å². The summed E-state index contributed by atoms with van der Waals surface area (Å²) in [6.45, 7) is 4.72. The third-order valence-corrected chi connectivity index (χ3v) is 7.15. The highest BCUT2D eigenvalue weighted by atomic mass is 19.4. The van der Waals surface area contributed by atoms with Crippen molar-refractivity contribution in [3.8, 4) is 5.75 Å². The van der Waals surface area contributed by atoms with Crippen LogP contribution in [0.4, 0.5) is 13.2 Å². The zero-order valence-electron chi connectivity index (χ0n) is 22.6. The Kier molecular flexibility index (Phi) is 8.37. The van der Waals surface area contributed by atoms with Gasteiger partial charge in [-0.2, -0.15) is 13.2 Å². The molecule has 2 aliphatic rings. The van der Waals surface area contributed by atoms with Crippen molar-refractivity contribution >= 4 is 17.7 Å². The van der Waals surface area contributed by atoms with E-state index in [1.165, 1.54) is 25.3 Å². The Bertz CT molecular complexity index is 1390. The average molecular weight is 558 g/mol. The van der Waals surface area contributed by atoms with Gasteiger partial charge in [0.1, 0.15) is 11.7 Å². The molecule has 40 heavy (non-hydrogen) atoms. The standard InChI is InChI=1S/C30H30F3NO6/c1-5-39-28(36)23-16(3)34-22-15-20(17-10-9-11-18(14-17)38-4)25(29(37)40-6-2)27(35)26(22)24(23)19-12-7-8-13-21(19)30(31,32)33/h7-14,20,24-25,34H,5-6,15H2,1-4H3/t20-,24+,25-/m0/s1. The second kappa shape index (κ2) is 11.6. The van der Waals surface area contributed by atoms with E-state index in [9.17, 15) is 27.6 Å². The van der Waals surface area contributed by atoms with Crippen molar-refractivity contribution in [1.29, 1.82) is 0 Å². The van der Waals surface area contributed by atoms with Crippen molar-refractivity contribution in [2.75, 3.05) is 20.3 Å². The fraction of sp³-hybridized carbons (Fsp3) is 0.367. The van der Waals surface area contributed by atoms with Crippen molar-refractivity contribution in [3.05, 3.63) is 87.8 Å². The summed E-state index contributed by atoms with van der Waals surface area (Å²) in [7, 11) is 1.49. The summed E-state index contributed by atoms with van der Waals surface area (Å²) in [6.07, 6.45) is -4.66. The predicted octanol–water partition coefficient (Wildman–Crippen LogP) is 5.43. The van der Waals surface area contributed by atoms with Gasteiger partial charge in [0.2, 0.25) is 0 Å². The number of carbonyl (C=O) groups is 3. The Morgan fingerprint density at radius 1 is 1.02 bits per heavy atom. The number of dihydropyridines is 1. The number of alkyl halides is 3. The Hall–Kier alpha value is -4.08. The van der Waals surface area contributed by atoms with Crippen LogP contribution in [0, 0.1) is 5.92 Å². The molecule has 2 aromatic rings. The lowest BCUT2D eigenvalue weighted by Gasteiger charge is -2.40. The average Bonchev–Trinajstić information content (AvgIpc) is 2.91. The number of rotatable bonds is 7. The third-order valence-electron chi connectivity index (χ3n) is 7.15. The minimum absolute atomic E-state index is 0.00498. The molecule has 10 heteroatoms. The molecule has 0 spiro atoms. The van der Waals surface area contributed by atoms with Crippen molar-refractivity contribution < 1.29 is 41.8 Å².